The first kappa shape index (κ1) is 14.6. The molecule has 0 unspecified atom stereocenters. The molecule has 1 N–H and O–H groups in total. The summed E-state index contributed by atoms with van der Waals surface area (Å²) >= 11 is 9.16. The predicted octanol–water partition coefficient (Wildman–Crippen LogP) is 2.72. The molecule has 0 radical (unpaired) electrons. The number of anilines is 1. The fraction of sp³-hybridized carbons (Fsp3) is 0. The molecule has 20 heavy (non-hydrogen) atoms. The van der Waals surface area contributed by atoms with E-state index in [0.29, 0.717) is 15.2 Å². The van der Waals surface area contributed by atoms with Crippen molar-refractivity contribution in [3.63, 3.8) is 0 Å². The highest BCUT2D eigenvalue weighted by atomic mass is 79.9. The second-order valence-corrected chi connectivity index (χ2v) is 5.18. The zero-order chi connectivity index (χ0) is 14.7. The molecule has 0 aromatic heterocycles. The predicted molar refractivity (Wildman–Crippen MR) is 77.9 cm³/mol. The molecule has 6 heteroatoms. The number of aromatic carboxylic acids is 1. The van der Waals surface area contributed by atoms with Crippen molar-refractivity contribution in [2.24, 2.45) is 0 Å². The van der Waals surface area contributed by atoms with Crippen molar-refractivity contribution in [3.05, 3.63) is 63.1 Å². The van der Waals surface area contributed by atoms with Crippen molar-refractivity contribution in [3.8, 4) is 0 Å². The lowest BCUT2D eigenvalue weighted by molar-refractivity contribution is -0.255. The summed E-state index contributed by atoms with van der Waals surface area (Å²) in [5.74, 6) is -1.94. The van der Waals surface area contributed by atoms with E-state index in [1.807, 2.05) is 0 Å². The molecule has 0 bridgehead atoms. The molecule has 0 aliphatic carbocycles. The van der Waals surface area contributed by atoms with Crippen molar-refractivity contribution in [2.45, 2.75) is 0 Å². The number of carbonyl (C=O) groups excluding carboxylic acids is 2. The summed E-state index contributed by atoms with van der Waals surface area (Å²) in [5.41, 5.74) is 0.344. The van der Waals surface area contributed by atoms with Gasteiger partial charge in [-0.2, -0.15) is 0 Å². The van der Waals surface area contributed by atoms with Crippen LogP contribution in [0.3, 0.4) is 0 Å². The Bertz CT molecular complexity index is 688. The molecule has 0 fully saturated rings. The van der Waals surface area contributed by atoms with E-state index < -0.39 is 11.9 Å². The van der Waals surface area contributed by atoms with Crippen LogP contribution in [0.1, 0.15) is 20.7 Å². The number of rotatable bonds is 3. The average Bonchev–Trinajstić information content (AvgIpc) is 2.43. The quantitative estimate of drug-likeness (QED) is 0.922. The highest BCUT2D eigenvalue weighted by molar-refractivity contribution is 9.10. The average molecular weight is 354 g/mol. The van der Waals surface area contributed by atoms with Gasteiger partial charge in [0, 0.05) is 21.3 Å². The molecule has 0 atom stereocenters. The van der Waals surface area contributed by atoms with Crippen LogP contribution in [0.15, 0.2) is 46.9 Å². The Hall–Kier alpha value is -1.85. The number of carboxylic acids is 1. The van der Waals surface area contributed by atoms with Crippen LogP contribution in [0, 0.1) is 0 Å². The summed E-state index contributed by atoms with van der Waals surface area (Å²) < 4.78 is 0.701. The zero-order valence-corrected chi connectivity index (χ0v) is 12.4. The van der Waals surface area contributed by atoms with Crippen LogP contribution >= 0.6 is 27.5 Å². The van der Waals surface area contributed by atoms with Gasteiger partial charge in [0.15, 0.2) is 0 Å². The first-order valence-corrected chi connectivity index (χ1v) is 6.73. The van der Waals surface area contributed by atoms with Gasteiger partial charge in [-0.1, -0.05) is 29.8 Å². The Morgan fingerprint density at radius 1 is 1.10 bits per heavy atom. The Kier molecular flexibility index (Phi) is 4.42. The highest BCUT2D eigenvalue weighted by Crippen LogP contribution is 2.25. The minimum Gasteiger partial charge on any atom is -0.545 e. The maximum atomic E-state index is 12.1. The Morgan fingerprint density at radius 3 is 2.35 bits per heavy atom. The van der Waals surface area contributed by atoms with Gasteiger partial charge in [0.25, 0.3) is 5.91 Å². The fourth-order valence-electron chi connectivity index (χ4n) is 1.63. The zero-order valence-electron chi connectivity index (χ0n) is 10.0. The van der Waals surface area contributed by atoms with Gasteiger partial charge in [-0.3, -0.25) is 4.79 Å². The Balaban J connectivity index is 2.28. The van der Waals surface area contributed by atoms with E-state index in [4.69, 9.17) is 11.6 Å². The number of halogens is 2. The highest BCUT2D eigenvalue weighted by Gasteiger charge is 2.12. The van der Waals surface area contributed by atoms with Gasteiger partial charge in [0.05, 0.1) is 11.0 Å². The van der Waals surface area contributed by atoms with Crippen LogP contribution in [0.2, 0.25) is 5.02 Å². The number of carbonyl (C=O) groups is 2. The van der Waals surface area contributed by atoms with Crippen LogP contribution in [0.4, 0.5) is 5.69 Å². The molecule has 1 amide bonds. The number of hydrogen-bond acceptors (Lipinski definition) is 3. The number of nitrogens with one attached hydrogen (secondary N) is 1. The third kappa shape index (κ3) is 3.18. The van der Waals surface area contributed by atoms with Gasteiger partial charge in [-0.05, 0) is 40.2 Å². The molecule has 0 spiro atoms. The molecular weight excluding hydrogens is 346 g/mol. The number of hydrogen-bond donors (Lipinski definition) is 1. The van der Waals surface area contributed by atoms with Crippen molar-refractivity contribution < 1.29 is 14.7 Å². The summed E-state index contributed by atoms with van der Waals surface area (Å²) in [5, 5.41) is 14.0. The Morgan fingerprint density at radius 2 is 1.75 bits per heavy atom. The third-order valence-electron chi connectivity index (χ3n) is 2.57. The van der Waals surface area contributed by atoms with Crippen LogP contribution in [0.25, 0.3) is 0 Å². The number of benzene rings is 2. The van der Waals surface area contributed by atoms with Crippen LogP contribution in [-0.2, 0) is 0 Å². The molecule has 4 nitrogen and oxygen atoms in total. The summed E-state index contributed by atoms with van der Waals surface area (Å²) in [6, 6.07) is 10.7. The van der Waals surface area contributed by atoms with E-state index in [1.165, 1.54) is 18.2 Å². The van der Waals surface area contributed by atoms with Crippen molar-refractivity contribution in [1.82, 2.24) is 0 Å². The van der Waals surface area contributed by atoms with E-state index in [1.54, 1.807) is 24.3 Å². The third-order valence-corrected chi connectivity index (χ3v) is 3.80. The van der Waals surface area contributed by atoms with Gasteiger partial charge in [0.1, 0.15) is 0 Å². The summed E-state index contributed by atoms with van der Waals surface area (Å²) in [4.78, 5) is 23.0. The maximum Gasteiger partial charge on any atom is 0.256 e. The normalized spacial score (nSPS) is 10.1. The first-order valence-electron chi connectivity index (χ1n) is 5.56. The molecule has 0 heterocycles. The van der Waals surface area contributed by atoms with E-state index in [0.717, 1.165) is 0 Å². The van der Waals surface area contributed by atoms with Crippen LogP contribution in [0.5, 0.6) is 0 Å². The first-order chi connectivity index (χ1) is 9.49. The monoisotopic (exact) mass is 352 g/mol. The minimum absolute atomic E-state index is 0.0338. The molecule has 0 saturated heterocycles. The van der Waals surface area contributed by atoms with Gasteiger partial charge in [0.2, 0.25) is 0 Å². The van der Waals surface area contributed by atoms with E-state index in [9.17, 15) is 14.7 Å². The topological polar surface area (TPSA) is 69.2 Å². The maximum absolute atomic E-state index is 12.1. The van der Waals surface area contributed by atoms with Gasteiger partial charge in [-0.15, -0.1) is 0 Å². The van der Waals surface area contributed by atoms with Crippen LogP contribution < -0.4 is 10.4 Å². The largest absolute Gasteiger partial charge is 0.545 e. The lowest BCUT2D eigenvalue weighted by atomic mass is 10.1. The molecule has 2 aromatic carbocycles. The minimum atomic E-state index is -1.40. The van der Waals surface area contributed by atoms with Crippen molar-refractivity contribution in [1.29, 1.82) is 0 Å². The second kappa shape index (κ2) is 6.07. The standard InChI is InChI=1S/C14H9BrClNO3/c15-11-6-5-8(7-12(11)16)17-13(18)9-3-1-2-4-10(9)14(19)20/h1-7H,(H,17,18)(H,19,20)/p-1. The molecule has 0 saturated carbocycles. The van der Waals surface area contributed by atoms with E-state index in [-0.39, 0.29) is 11.1 Å². The van der Waals surface area contributed by atoms with Crippen molar-refractivity contribution in [2.75, 3.05) is 5.32 Å². The molecule has 2 aromatic rings. The second-order valence-electron chi connectivity index (χ2n) is 3.92. The molecule has 2 rings (SSSR count). The summed E-state index contributed by atoms with van der Waals surface area (Å²) in [6.45, 7) is 0. The van der Waals surface area contributed by atoms with Gasteiger partial charge in [-0.25, -0.2) is 0 Å². The Labute approximate surface area is 128 Å². The fourth-order valence-corrected chi connectivity index (χ4v) is 2.06. The molecule has 0 aliphatic rings. The van der Waals surface area contributed by atoms with Gasteiger partial charge >= 0.3 is 0 Å². The lowest BCUT2D eigenvalue weighted by Crippen LogP contribution is -2.26. The number of amides is 1. The van der Waals surface area contributed by atoms with E-state index in [2.05, 4.69) is 21.2 Å². The smallest absolute Gasteiger partial charge is 0.256 e. The van der Waals surface area contributed by atoms with E-state index >= 15 is 0 Å². The lowest BCUT2D eigenvalue weighted by Gasteiger charge is -2.11. The SMILES string of the molecule is O=C([O-])c1ccccc1C(=O)Nc1ccc(Br)c(Cl)c1. The van der Waals surface area contributed by atoms with Gasteiger partial charge < -0.3 is 15.2 Å². The van der Waals surface area contributed by atoms with Crippen LogP contribution in [-0.4, -0.2) is 11.9 Å². The van der Waals surface area contributed by atoms with Crippen molar-refractivity contribution >= 4 is 45.1 Å². The molecule has 0 aliphatic heterocycles. The number of carboxylic acid groups (broad SMARTS) is 1. The summed E-state index contributed by atoms with van der Waals surface area (Å²) in [7, 11) is 0. The summed E-state index contributed by atoms with van der Waals surface area (Å²) in [6.07, 6.45) is 0. The molecular formula is C14H8BrClNO3-. The molecule has 102 valence electrons.